The standard InChI is InChI=1S/C15H17NO4/c17-7-3-5-12-4-1-2-6-14(12)15(18)16-10-13-11-19-8-9-20-13/h1-2,4,6,13,17H,7-11H2,(H,16,18). The van der Waals surface area contributed by atoms with E-state index in [0.717, 1.165) is 0 Å². The van der Waals surface area contributed by atoms with Crippen LogP contribution in [0.25, 0.3) is 0 Å². The highest BCUT2D eigenvalue weighted by Crippen LogP contribution is 2.07. The molecule has 1 amide bonds. The molecule has 0 saturated carbocycles. The maximum atomic E-state index is 12.1. The summed E-state index contributed by atoms with van der Waals surface area (Å²) in [6.07, 6.45) is -0.108. The van der Waals surface area contributed by atoms with E-state index in [1.807, 2.05) is 0 Å². The van der Waals surface area contributed by atoms with Crippen molar-refractivity contribution in [3.8, 4) is 11.8 Å². The van der Waals surface area contributed by atoms with Crippen LogP contribution in [0.4, 0.5) is 0 Å². The number of benzene rings is 1. The lowest BCUT2D eigenvalue weighted by atomic mass is 10.1. The highest BCUT2D eigenvalue weighted by Gasteiger charge is 2.16. The van der Waals surface area contributed by atoms with Crippen LogP contribution in [0.1, 0.15) is 15.9 Å². The molecule has 1 aromatic rings. The van der Waals surface area contributed by atoms with E-state index >= 15 is 0 Å². The number of ether oxygens (including phenoxy) is 2. The average Bonchev–Trinajstić information content (AvgIpc) is 2.52. The largest absolute Gasteiger partial charge is 0.384 e. The second-order valence-electron chi connectivity index (χ2n) is 4.28. The van der Waals surface area contributed by atoms with Crippen LogP contribution in [0, 0.1) is 11.8 Å². The van der Waals surface area contributed by atoms with E-state index in [-0.39, 0.29) is 18.6 Å². The van der Waals surface area contributed by atoms with Gasteiger partial charge in [0.15, 0.2) is 0 Å². The summed E-state index contributed by atoms with van der Waals surface area (Å²) in [6, 6.07) is 7.03. The number of rotatable bonds is 3. The van der Waals surface area contributed by atoms with Crippen LogP contribution < -0.4 is 5.32 Å². The summed E-state index contributed by atoms with van der Waals surface area (Å²) < 4.78 is 10.7. The minimum Gasteiger partial charge on any atom is -0.384 e. The van der Waals surface area contributed by atoms with Gasteiger partial charge in [0.05, 0.1) is 31.5 Å². The number of amides is 1. The molecule has 5 heteroatoms. The topological polar surface area (TPSA) is 67.8 Å². The van der Waals surface area contributed by atoms with Gasteiger partial charge in [-0.1, -0.05) is 24.0 Å². The van der Waals surface area contributed by atoms with Gasteiger partial charge in [-0.2, -0.15) is 0 Å². The first-order chi connectivity index (χ1) is 9.81. The predicted octanol–water partition coefficient (Wildman–Crippen LogP) is 0.176. The Morgan fingerprint density at radius 3 is 3.00 bits per heavy atom. The molecule has 0 spiro atoms. The third-order valence-corrected chi connectivity index (χ3v) is 2.85. The van der Waals surface area contributed by atoms with Gasteiger partial charge in [-0.05, 0) is 12.1 Å². The minimum atomic E-state index is -0.233. The van der Waals surface area contributed by atoms with Gasteiger partial charge in [-0.3, -0.25) is 4.79 Å². The summed E-state index contributed by atoms with van der Waals surface area (Å²) in [5, 5.41) is 11.5. The first-order valence-corrected chi connectivity index (χ1v) is 6.47. The third kappa shape index (κ3) is 4.07. The lowest BCUT2D eigenvalue weighted by Crippen LogP contribution is -2.39. The Bertz CT molecular complexity index is 512. The molecule has 1 unspecified atom stereocenters. The molecular formula is C15H17NO4. The van der Waals surface area contributed by atoms with Gasteiger partial charge in [-0.15, -0.1) is 0 Å². The summed E-state index contributed by atoms with van der Waals surface area (Å²) in [7, 11) is 0. The normalized spacial score (nSPS) is 17.9. The molecule has 1 aliphatic heterocycles. The quantitative estimate of drug-likeness (QED) is 0.772. The maximum Gasteiger partial charge on any atom is 0.252 e. The Morgan fingerprint density at radius 2 is 2.25 bits per heavy atom. The zero-order valence-corrected chi connectivity index (χ0v) is 11.1. The fraction of sp³-hybridized carbons (Fsp3) is 0.400. The Kier molecular flexibility index (Phi) is 5.56. The van der Waals surface area contributed by atoms with Crippen molar-refractivity contribution in [2.24, 2.45) is 0 Å². The van der Waals surface area contributed by atoms with E-state index in [0.29, 0.717) is 37.5 Å². The lowest BCUT2D eigenvalue weighted by molar-refractivity contribution is -0.0855. The SMILES string of the molecule is O=C(NCC1COCCO1)c1ccccc1C#CCO. The number of carbonyl (C=O) groups excluding carboxylic acids is 1. The number of nitrogens with one attached hydrogen (secondary N) is 1. The first kappa shape index (κ1) is 14.5. The summed E-state index contributed by atoms with van der Waals surface area (Å²) in [6.45, 7) is 1.82. The second-order valence-corrected chi connectivity index (χ2v) is 4.28. The summed E-state index contributed by atoms with van der Waals surface area (Å²) in [5.74, 6) is 5.10. The number of carbonyl (C=O) groups is 1. The van der Waals surface area contributed by atoms with Crippen molar-refractivity contribution in [3.05, 3.63) is 35.4 Å². The van der Waals surface area contributed by atoms with Crippen LogP contribution in [0.5, 0.6) is 0 Å². The van der Waals surface area contributed by atoms with Gasteiger partial charge in [0.25, 0.3) is 5.91 Å². The predicted molar refractivity (Wildman–Crippen MR) is 73.3 cm³/mol. The number of aliphatic hydroxyl groups is 1. The average molecular weight is 275 g/mol. The van der Waals surface area contributed by atoms with Crippen LogP contribution in [-0.4, -0.2) is 50.1 Å². The van der Waals surface area contributed by atoms with Crippen molar-refractivity contribution >= 4 is 5.91 Å². The maximum absolute atomic E-state index is 12.1. The van der Waals surface area contributed by atoms with Crippen molar-refractivity contribution in [2.75, 3.05) is 33.0 Å². The fourth-order valence-electron chi connectivity index (χ4n) is 1.88. The van der Waals surface area contributed by atoms with Gasteiger partial charge < -0.3 is 19.9 Å². The van der Waals surface area contributed by atoms with Crippen molar-refractivity contribution in [1.82, 2.24) is 5.32 Å². The fourth-order valence-corrected chi connectivity index (χ4v) is 1.88. The second kappa shape index (κ2) is 7.65. The molecular weight excluding hydrogens is 258 g/mol. The minimum absolute atomic E-state index is 0.108. The Hall–Kier alpha value is -1.87. The van der Waals surface area contributed by atoms with Gasteiger partial charge in [0.1, 0.15) is 6.61 Å². The summed E-state index contributed by atoms with van der Waals surface area (Å²) in [5.41, 5.74) is 1.09. The number of hydrogen-bond acceptors (Lipinski definition) is 4. The lowest BCUT2D eigenvalue weighted by Gasteiger charge is -2.23. The molecule has 0 aromatic heterocycles. The van der Waals surface area contributed by atoms with Gasteiger partial charge in [-0.25, -0.2) is 0 Å². The van der Waals surface area contributed by atoms with Gasteiger partial charge in [0, 0.05) is 12.1 Å². The van der Waals surface area contributed by atoms with Gasteiger partial charge >= 0.3 is 0 Å². The molecule has 2 rings (SSSR count). The molecule has 0 aliphatic carbocycles. The van der Waals surface area contributed by atoms with E-state index in [1.165, 1.54) is 0 Å². The van der Waals surface area contributed by atoms with Crippen LogP contribution in [0.15, 0.2) is 24.3 Å². The Labute approximate surface area is 117 Å². The van der Waals surface area contributed by atoms with E-state index in [4.69, 9.17) is 14.6 Å². The molecule has 1 atom stereocenters. The molecule has 0 bridgehead atoms. The van der Waals surface area contributed by atoms with E-state index < -0.39 is 0 Å². The molecule has 1 saturated heterocycles. The monoisotopic (exact) mass is 275 g/mol. The first-order valence-electron chi connectivity index (χ1n) is 6.47. The van der Waals surface area contributed by atoms with Crippen molar-refractivity contribution < 1.29 is 19.4 Å². The van der Waals surface area contributed by atoms with Crippen molar-refractivity contribution in [1.29, 1.82) is 0 Å². The molecule has 106 valence electrons. The van der Waals surface area contributed by atoms with Crippen LogP contribution in [0.3, 0.4) is 0 Å². The molecule has 20 heavy (non-hydrogen) atoms. The van der Waals surface area contributed by atoms with Crippen LogP contribution >= 0.6 is 0 Å². The highest BCUT2D eigenvalue weighted by molar-refractivity contribution is 5.96. The van der Waals surface area contributed by atoms with Crippen molar-refractivity contribution in [3.63, 3.8) is 0 Å². The van der Waals surface area contributed by atoms with Crippen molar-refractivity contribution in [2.45, 2.75) is 6.10 Å². The Morgan fingerprint density at radius 1 is 1.40 bits per heavy atom. The van der Waals surface area contributed by atoms with Crippen LogP contribution in [0.2, 0.25) is 0 Å². The molecule has 1 heterocycles. The molecule has 5 nitrogen and oxygen atoms in total. The summed E-state index contributed by atoms with van der Waals surface area (Å²) in [4.78, 5) is 12.1. The van der Waals surface area contributed by atoms with E-state index in [1.54, 1.807) is 24.3 Å². The van der Waals surface area contributed by atoms with E-state index in [9.17, 15) is 4.79 Å². The number of hydrogen-bond donors (Lipinski definition) is 2. The zero-order chi connectivity index (χ0) is 14.2. The molecule has 0 radical (unpaired) electrons. The van der Waals surface area contributed by atoms with Gasteiger partial charge in [0.2, 0.25) is 0 Å². The zero-order valence-electron chi connectivity index (χ0n) is 11.1. The van der Waals surface area contributed by atoms with E-state index in [2.05, 4.69) is 17.2 Å². The Balaban J connectivity index is 1.97. The summed E-state index contributed by atoms with van der Waals surface area (Å²) >= 11 is 0. The molecule has 2 N–H and O–H groups in total. The molecule has 1 fully saturated rings. The molecule has 1 aliphatic rings. The smallest absolute Gasteiger partial charge is 0.252 e. The number of aliphatic hydroxyl groups excluding tert-OH is 1. The highest BCUT2D eigenvalue weighted by atomic mass is 16.6. The third-order valence-electron chi connectivity index (χ3n) is 2.85. The molecule has 1 aromatic carbocycles. The van der Waals surface area contributed by atoms with Crippen LogP contribution in [-0.2, 0) is 9.47 Å².